The van der Waals surface area contributed by atoms with Crippen LogP contribution in [0.25, 0.3) is 0 Å². The first-order valence-corrected chi connectivity index (χ1v) is 8.33. The number of amides is 1. The summed E-state index contributed by atoms with van der Waals surface area (Å²) in [6.07, 6.45) is 0. The molecule has 1 heterocycles. The lowest BCUT2D eigenvalue weighted by Gasteiger charge is -2.40. The maximum Gasteiger partial charge on any atom is 0.241 e. The van der Waals surface area contributed by atoms with Gasteiger partial charge in [-0.15, -0.1) is 0 Å². The quantitative estimate of drug-likeness (QED) is 0.843. The van der Waals surface area contributed by atoms with Gasteiger partial charge in [-0.05, 0) is 45.4 Å². The predicted octanol–water partition coefficient (Wildman–Crippen LogP) is 2.73. The number of anilines is 2. The Morgan fingerprint density at radius 1 is 1.48 bits per heavy atom. The summed E-state index contributed by atoms with van der Waals surface area (Å²) < 4.78 is 0.208. The zero-order chi connectivity index (χ0) is 15.6. The lowest BCUT2D eigenvalue weighted by Crippen LogP contribution is -2.51. The Bertz CT molecular complexity index is 530. The highest BCUT2D eigenvalue weighted by Gasteiger charge is 2.32. The lowest BCUT2D eigenvalue weighted by molar-refractivity contribution is -0.120. The Kier molecular flexibility index (Phi) is 4.84. The molecule has 0 aromatic heterocycles. The van der Waals surface area contributed by atoms with Crippen molar-refractivity contribution in [1.82, 2.24) is 4.90 Å². The van der Waals surface area contributed by atoms with E-state index in [9.17, 15) is 4.79 Å². The molecule has 1 aliphatic rings. The highest BCUT2D eigenvalue weighted by molar-refractivity contribution is 8.00. The first-order chi connectivity index (χ1) is 9.80. The number of nitrogens with zero attached hydrogens (tertiary/aromatic N) is 1. The fourth-order valence-corrected chi connectivity index (χ4v) is 3.71. The maximum atomic E-state index is 12.5. The second kappa shape index (κ2) is 6.28. The van der Waals surface area contributed by atoms with Gasteiger partial charge in [0, 0.05) is 35.0 Å². The number of hydrogen-bond acceptors (Lipinski definition) is 4. The highest BCUT2D eigenvalue weighted by Crippen LogP contribution is 2.30. The van der Waals surface area contributed by atoms with Crippen molar-refractivity contribution in [3.8, 4) is 0 Å². The van der Waals surface area contributed by atoms with Gasteiger partial charge in [-0.3, -0.25) is 9.69 Å². The number of nitrogens with two attached hydrogens (primary N) is 1. The summed E-state index contributed by atoms with van der Waals surface area (Å²) in [5.74, 6) is 1.11. The van der Waals surface area contributed by atoms with Crippen molar-refractivity contribution in [3.63, 3.8) is 0 Å². The minimum Gasteiger partial charge on any atom is -0.398 e. The van der Waals surface area contributed by atoms with E-state index in [1.165, 1.54) is 0 Å². The third-order valence-corrected chi connectivity index (χ3v) is 5.31. The molecule has 4 nitrogen and oxygen atoms in total. The molecule has 1 amide bonds. The van der Waals surface area contributed by atoms with Crippen molar-refractivity contribution in [1.29, 1.82) is 0 Å². The van der Waals surface area contributed by atoms with Gasteiger partial charge in [-0.2, -0.15) is 11.8 Å². The highest BCUT2D eigenvalue weighted by atomic mass is 32.2. The summed E-state index contributed by atoms with van der Waals surface area (Å²) in [4.78, 5) is 14.7. The molecule has 1 fully saturated rings. The van der Waals surface area contributed by atoms with Gasteiger partial charge in [0.2, 0.25) is 5.91 Å². The number of nitrogens with one attached hydrogen (secondary N) is 1. The normalized spacial score (nSPS) is 20.0. The van der Waals surface area contributed by atoms with Gasteiger partial charge in [0.1, 0.15) is 0 Å². The largest absolute Gasteiger partial charge is 0.398 e. The molecule has 1 aromatic rings. The van der Waals surface area contributed by atoms with Crippen molar-refractivity contribution in [3.05, 3.63) is 23.8 Å². The Labute approximate surface area is 131 Å². The topological polar surface area (TPSA) is 58.4 Å². The molecule has 1 unspecified atom stereocenters. The van der Waals surface area contributed by atoms with Crippen LogP contribution in [0.4, 0.5) is 11.4 Å². The van der Waals surface area contributed by atoms with Crippen LogP contribution in [-0.2, 0) is 4.79 Å². The standard InChI is InChI=1S/C16H25N3OS/c1-11-13(17)6-5-7-14(11)18-15(20)12(2)19-8-9-21-16(3,4)10-19/h5-7,12H,8-10,17H2,1-4H3,(H,18,20). The van der Waals surface area contributed by atoms with Gasteiger partial charge < -0.3 is 11.1 Å². The fourth-order valence-electron chi connectivity index (χ4n) is 2.58. The molecule has 2 rings (SSSR count). The molecule has 0 spiro atoms. The third-order valence-electron chi connectivity index (χ3n) is 4.02. The van der Waals surface area contributed by atoms with Gasteiger partial charge in [-0.25, -0.2) is 0 Å². The first kappa shape index (κ1) is 16.2. The zero-order valence-electron chi connectivity index (χ0n) is 13.3. The Morgan fingerprint density at radius 2 is 2.19 bits per heavy atom. The van der Waals surface area contributed by atoms with E-state index in [1.807, 2.05) is 43.8 Å². The number of benzene rings is 1. The van der Waals surface area contributed by atoms with Crippen LogP contribution in [0, 0.1) is 6.92 Å². The molecule has 5 heteroatoms. The summed E-state index contributed by atoms with van der Waals surface area (Å²) in [6.45, 7) is 10.3. The fraction of sp³-hybridized carbons (Fsp3) is 0.562. The van der Waals surface area contributed by atoms with Crippen LogP contribution in [0.5, 0.6) is 0 Å². The van der Waals surface area contributed by atoms with Crippen molar-refractivity contribution < 1.29 is 4.79 Å². The van der Waals surface area contributed by atoms with E-state index in [0.717, 1.165) is 30.1 Å². The van der Waals surface area contributed by atoms with Crippen molar-refractivity contribution in [2.24, 2.45) is 0 Å². The molecule has 0 bridgehead atoms. The number of carbonyl (C=O) groups is 1. The molecule has 3 N–H and O–H groups in total. The summed E-state index contributed by atoms with van der Waals surface area (Å²) in [5, 5.41) is 3.01. The molecule has 0 saturated carbocycles. The average Bonchev–Trinajstić information content (AvgIpc) is 2.42. The van der Waals surface area contributed by atoms with E-state index in [2.05, 4.69) is 24.1 Å². The van der Waals surface area contributed by atoms with Gasteiger partial charge >= 0.3 is 0 Å². The van der Waals surface area contributed by atoms with Crippen LogP contribution >= 0.6 is 11.8 Å². The number of thioether (sulfide) groups is 1. The van der Waals surface area contributed by atoms with Crippen LogP contribution in [0.15, 0.2) is 18.2 Å². The van der Waals surface area contributed by atoms with E-state index in [4.69, 9.17) is 5.73 Å². The second-order valence-electron chi connectivity index (χ2n) is 6.26. The van der Waals surface area contributed by atoms with Crippen molar-refractivity contribution in [2.45, 2.75) is 38.5 Å². The summed E-state index contributed by atoms with van der Waals surface area (Å²) in [7, 11) is 0. The predicted molar refractivity (Wildman–Crippen MR) is 91.8 cm³/mol. The minimum absolute atomic E-state index is 0.0337. The maximum absolute atomic E-state index is 12.5. The van der Waals surface area contributed by atoms with Crippen LogP contribution in [0.2, 0.25) is 0 Å². The van der Waals surface area contributed by atoms with E-state index < -0.39 is 0 Å². The zero-order valence-corrected chi connectivity index (χ0v) is 14.1. The van der Waals surface area contributed by atoms with Gasteiger partial charge in [0.25, 0.3) is 0 Å². The monoisotopic (exact) mass is 307 g/mol. The van der Waals surface area contributed by atoms with Gasteiger partial charge in [0.15, 0.2) is 0 Å². The number of hydrogen-bond donors (Lipinski definition) is 2. The number of nitrogen functional groups attached to an aromatic ring is 1. The SMILES string of the molecule is Cc1c(N)cccc1NC(=O)C(C)N1CCSC(C)(C)C1. The smallest absolute Gasteiger partial charge is 0.241 e. The molecule has 1 saturated heterocycles. The molecule has 116 valence electrons. The second-order valence-corrected chi connectivity index (χ2v) is 8.07. The van der Waals surface area contributed by atoms with E-state index >= 15 is 0 Å². The number of rotatable bonds is 3. The molecule has 1 aliphatic heterocycles. The number of carbonyl (C=O) groups excluding carboxylic acids is 1. The van der Waals surface area contributed by atoms with E-state index in [-0.39, 0.29) is 16.7 Å². The molecule has 0 aliphatic carbocycles. The molecule has 1 atom stereocenters. The van der Waals surface area contributed by atoms with Crippen LogP contribution < -0.4 is 11.1 Å². The van der Waals surface area contributed by atoms with Crippen LogP contribution in [-0.4, -0.2) is 40.4 Å². The average molecular weight is 307 g/mol. The van der Waals surface area contributed by atoms with Crippen LogP contribution in [0.1, 0.15) is 26.3 Å². The van der Waals surface area contributed by atoms with Crippen LogP contribution in [0.3, 0.4) is 0 Å². The Hall–Kier alpha value is -1.20. The van der Waals surface area contributed by atoms with E-state index in [1.54, 1.807) is 0 Å². The molecule has 1 aromatic carbocycles. The third kappa shape index (κ3) is 3.92. The van der Waals surface area contributed by atoms with Crippen molar-refractivity contribution >= 4 is 29.0 Å². The Balaban J connectivity index is 2.04. The minimum atomic E-state index is -0.133. The summed E-state index contributed by atoms with van der Waals surface area (Å²) in [5.41, 5.74) is 8.32. The molecule has 0 radical (unpaired) electrons. The summed E-state index contributed by atoms with van der Waals surface area (Å²) >= 11 is 1.97. The van der Waals surface area contributed by atoms with Gasteiger partial charge in [0.05, 0.1) is 6.04 Å². The van der Waals surface area contributed by atoms with E-state index in [0.29, 0.717) is 5.69 Å². The molecule has 21 heavy (non-hydrogen) atoms. The lowest BCUT2D eigenvalue weighted by atomic mass is 10.1. The van der Waals surface area contributed by atoms with Crippen molar-refractivity contribution in [2.75, 3.05) is 29.9 Å². The molecular formula is C16H25N3OS. The Morgan fingerprint density at radius 3 is 2.86 bits per heavy atom. The van der Waals surface area contributed by atoms with Gasteiger partial charge in [-0.1, -0.05) is 6.07 Å². The summed E-state index contributed by atoms with van der Waals surface area (Å²) in [6, 6.07) is 5.47. The molecular weight excluding hydrogens is 282 g/mol. The first-order valence-electron chi connectivity index (χ1n) is 7.34.